The monoisotopic (exact) mass is 269 g/mol. The first-order valence-corrected chi connectivity index (χ1v) is 7.62. The topological polar surface area (TPSA) is 35.6 Å². The van der Waals surface area contributed by atoms with Crippen LogP contribution in [-0.2, 0) is 4.79 Å². The van der Waals surface area contributed by atoms with Crippen LogP contribution in [0, 0.1) is 5.92 Å². The SMILES string of the molecule is CCC(C)C(C)NC1CCN(CC(=O)N(C)C)CC1. The Balaban J connectivity index is 2.27. The van der Waals surface area contributed by atoms with Gasteiger partial charge in [-0.15, -0.1) is 0 Å². The van der Waals surface area contributed by atoms with Gasteiger partial charge >= 0.3 is 0 Å². The van der Waals surface area contributed by atoms with Gasteiger partial charge in [-0.3, -0.25) is 9.69 Å². The van der Waals surface area contributed by atoms with Crippen molar-refractivity contribution in [3.8, 4) is 0 Å². The summed E-state index contributed by atoms with van der Waals surface area (Å²) >= 11 is 0. The van der Waals surface area contributed by atoms with Crippen LogP contribution in [0.15, 0.2) is 0 Å². The highest BCUT2D eigenvalue weighted by Gasteiger charge is 2.23. The molecule has 4 heteroatoms. The van der Waals surface area contributed by atoms with Crippen LogP contribution in [0.2, 0.25) is 0 Å². The minimum absolute atomic E-state index is 0.208. The Bertz CT molecular complexity index is 273. The van der Waals surface area contributed by atoms with E-state index in [-0.39, 0.29) is 5.91 Å². The molecule has 0 aliphatic carbocycles. The van der Waals surface area contributed by atoms with E-state index in [0.29, 0.717) is 18.6 Å². The molecule has 0 aromatic carbocycles. The third kappa shape index (κ3) is 5.49. The van der Waals surface area contributed by atoms with Crippen LogP contribution in [0.5, 0.6) is 0 Å². The lowest BCUT2D eigenvalue weighted by atomic mass is 9.97. The normalized spacial score (nSPS) is 21.1. The van der Waals surface area contributed by atoms with Gasteiger partial charge in [0, 0.05) is 39.3 Å². The standard InChI is InChI=1S/C15H31N3O/c1-6-12(2)13(3)16-14-7-9-18(10-8-14)11-15(19)17(4)5/h12-14,16H,6-11H2,1-5H3. The van der Waals surface area contributed by atoms with E-state index >= 15 is 0 Å². The molecule has 1 rings (SSSR count). The van der Waals surface area contributed by atoms with Gasteiger partial charge in [0.25, 0.3) is 0 Å². The maximum absolute atomic E-state index is 11.7. The van der Waals surface area contributed by atoms with Gasteiger partial charge in [0.05, 0.1) is 6.54 Å². The molecule has 1 heterocycles. The minimum atomic E-state index is 0.208. The zero-order chi connectivity index (χ0) is 14.4. The Hall–Kier alpha value is -0.610. The highest BCUT2D eigenvalue weighted by Crippen LogP contribution is 2.14. The summed E-state index contributed by atoms with van der Waals surface area (Å²) in [6.45, 7) is 9.48. The number of nitrogens with one attached hydrogen (secondary N) is 1. The van der Waals surface area contributed by atoms with Crippen molar-refractivity contribution < 1.29 is 4.79 Å². The molecule has 0 radical (unpaired) electrons. The van der Waals surface area contributed by atoms with Crippen molar-refractivity contribution in [1.29, 1.82) is 0 Å². The van der Waals surface area contributed by atoms with Crippen molar-refractivity contribution in [3.05, 3.63) is 0 Å². The summed E-state index contributed by atoms with van der Waals surface area (Å²) in [5, 5.41) is 3.74. The summed E-state index contributed by atoms with van der Waals surface area (Å²) < 4.78 is 0. The molecule has 1 aliphatic rings. The third-order valence-corrected chi connectivity index (χ3v) is 4.44. The second-order valence-electron chi connectivity index (χ2n) is 6.18. The second-order valence-corrected chi connectivity index (χ2v) is 6.18. The van der Waals surface area contributed by atoms with Crippen LogP contribution >= 0.6 is 0 Å². The average molecular weight is 269 g/mol. The maximum Gasteiger partial charge on any atom is 0.236 e. The molecule has 1 N–H and O–H groups in total. The van der Waals surface area contributed by atoms with E-state index in [1.54, 1.807) is 4.90 Å². The van der Waals surface area contributed by atoms with Crippen LogP contribution in [-0.4, -0.2) is 61.5 Å². The van der Waals surface area contributed by atoms with Gasteiger partial charge in [-0.2, -0.15) is 0 Å². The van der Waals surface area contributed by atoms with Crippen LogP contribution in [0.25, 0.3) is 0 Å². The van der Waals surface area contributed by atoms with Crippen LogP contribution in [0.4, 0.5) is 0 Å². The van der Waals surface area contributed by atoms with Crippen LogP contribution in [0.3, 0.4) is 0 Å². The van der Waals surface area contributed by atoms with Crippen molar-refractivity contribution in [2.45, 2.75) is 52.1 Å². The van der Waals surface area contributed by atoms with Crippen LogP contribution in [0.1, 0.15) is 40.0 Å². The number of likely N-dealkylation sites (N-methyl/N-ethyl adjacent to an activating group) is 1. The quantitative estimate of drug-likeness (QED) is 0.795. The van der Waals surface area contributed by atoms with E-state index in [0.717, 1.165) is 31.8 Å². The Kier molecular flexibility index (Phi) is 6.80. The molecule has 112 valence electrons. The maximum atomic E-state index is 11.7. The van der Waals surface area contributed by atoms with Crippen molar-refractivity contribution >= 4 is 5.91 Å². The first-order chi connectivity index (χ1) is 8.93. The fourth-order valence-corrected chi connectivity index (χ4v) is 2.48. The molecule has 0 aromatic heterocycles. The number of likely N-dealkylation sites (tertiary alicyclic amines) is 1. The molecule has 2 unspecified atom stereocenters. The molecule has 0 bridgehead atoms. The number of nitrogens with zero attached hydrogens (tertiary/aromatic N) is 2. The number of rotatable bonds is 6. The molecule has 1 fully saturated rings. The van der Waals surface area contributed by atoms with Crippen molar-refractivity contribution in [1.82, 2.24) is 15.1 Å². The molecule has 1 saturated heterocycles. The molecule has 1 aliphatic heterocycles. The van der Waals surface area contributed by atoms with Gasteiger partial charge in [0.2, 0.25) is 5.91 Å². The van der Waals surface area contributed by atoms with Crippen molar-refractivity contribution in [2.75, 3.05) is 33.7 Å². The van der Waals surface area contributed by atoms with E-state index in [1.165, 1.54) is 6.42 Å². The summed E-state index contributed by atoms with van der Waals surface area (Å²) in [6.07, 6.45) is 3.54. The predicted octanol–water partition coefficient (Wildman–Crippen LogP) is 1.56. The van der Waals surface area contributed by atoms with Crippen molar-refractivity contribution in [3.63, 3.8) is 0 Å². The lowest BCUT2D eigenvalue weighted by Gasteiger charge is -2.35. The van der Waals surface area contributed by atoms with Crippen LogP contribution < -0.4 is 5.32 Å². The summed E-state index contributed by atoms with van der Waals surface area (Å²) in [6, 6.07) is 1.21. The number of carbonyl (C=O) groups excluding carboxylic acids is 1. The number of hydrogen-bond acceptors (Lipinski definition) is 3. The number of piperidine rings is 1. The Morgan fingerprint density at radius 2 is 1.89 bits per heavy atom. The molecular formula is C15H31N3O. The Morgan fingerprint density at radius 3 is 2.37 bits per heavy atom. The summed E-state index contributed by atoms with van der Waals surface area (Å²) in [5.74, 6) is 0.938. The average Bonchev–Trinajstić information content (AvgIpc) is 2.39. The van der Waals surface area contributed by atoms with E-state index in [9.17, 15) is 4.79 Å². The van der Waals surface area contributed by atoms with Gasteiger partial charge in [-0.1, -0.05) is 20.3 Å². The van der Waals surface area contributed by atoms with E-state index in [2.05, 4.69) is 31.0 Å². The summed E-state index contributed by atoms with van der Waals surface area (Å²) in [5.41, 5.74) is 0. The zero-order valence-electron chi connectivity index (χ0n) is 13.3. The highest BCUT2D eigenvalue weighted by molar-refractivity contribution is 5.77. The fourth-order valence-electron chi connectivity index (χ4n) is 2.48. The smallest absolute Gasteiger partial charge is 0.236 e. The van der Waals surface area contributed by atoms with E-state index in [4.69, 9.17) is 0 Å². The second kappa shape index (κ2) is 7.85. The van der Waals surface area contributed by atoms with Gasteiger partial charge in [0.1, 0.15) is 0 Å². The predicted molar refractivity (Wildman–Crippen MR) is 80.2 cm³/mol. The zero-order valence-corrected chi connectivity index (χ0v) is 13.3. The van der Waals surface area contributed by atoms with Gasteiger partial charge in [-0.25, -0.2) is 0 Å². The lowest BCUT2D eigenvalue weighted by Crippen LogP contribution is -2.48. The molecule has 0 spiro atoms. The van der Waals surface area contributed by atoms with Gasteiger partial charge in [0.15, 0.2) is 0 Å². The first kappa shape index (κ1) is 16.4. The van der Waals surface area contributed by atoms with Gasteiger partial charge < -0.3 is 10.2 Å². The Labute approximate surface area is 118 Å². The molecule has 19 heavy (non-hydrogen) atoms. The number of amides is 1. The fraction of sp³-hybridized carbons (Fsp3) is 0.933. The molecule has 2 atom stereocenters. The van der Waals surface area contributed by atoms with E-state index in [1.807, 2.05) is 14.1 Å². The van der Waals surface area contributed by atoms with E-state index < -0.39 is 0 Å². The molecule has 0 saturated carbocycles. The lowest BCUT2D eigenvalue weighted by molar-refractivity contribution is -0.130. The third-order valence-electron chi connectivity index (χ3n) is 4.44. The molecule has 1 amide bonds. The number of hydrogen-bond donors (Lipinski definition) is 1. The Morgan fingerprint density at radius 1 is 1.32 bits per heavy atom. The first-order valence-electron chi connectivity index (χ1n) is 7.62. The highest BCUT2D eigenvalue weighted by atomic mass is 16.2. The molecule has 4 nitrogen and oxygen atoms in total. The molecule has 0 aromatic rings. The largest absolute Gasteiger partial charge is 0.348 e. The van der Waals surface area contributed by atoms with Crippen molar-refractivity contribution in [2.24, 2.45) is 5.92 Å². The minimum Gasteiger partial charge on any atom is -0.348 e. The van der Waals surface area contributed by atoms with Gasteiger partial charge in [-0.05, 0) is 25.7 Å². The summed E-state index contributed by atoms with van der Waals surface area (Å²) in [7, 11) is 3.65. The number of carbonyl (C=O) groups is 1. The molecular weight excluding hydrogens is 238 g/mol. The summed E-state index contributed by atoms with van der Waals surface area (Å²) in [4.78, 5) is 15.6.